The number of nitrogens with one attached hydrogen (secondary N) is 1. The average Bonchev–Trinajstić information content (AvgIpc) is 2.38. The summed E-state index contributed by atoms with van der Waals surface area (Å²) >= 11 is 0. The molecule has 0 aliphatic carbocycles. The number of hydrogen-bond acceptors (Lipinski definition) is 4. The van der Waals surface area contributed by atoms with E-state index in [0.717, 1.165) is 25.6 Å². The zero-order valence-corrected chi connectivity index (χ0v) is 13.3. The Labute approximate surface area is 119 Å². The number of rotatable bonds is 9. The van der Waals surface area contributed by atoms with Crippen molar-refractivity contribution in [3.05, 3.63) is 0 Å². The van der Waals surface area contributed by atoms with Gasteiger partial charge in [0.1, 0.15) is 0 Å². The van der Waals surface area contributed by atoms with Crippen LogP contribution in [0.15, 0.2) is 0 Å². The van der Waals surface area contributed by atoms with E-state index in [0.29, 0.717) is 6.04 Å². The molecular weight excluding hydrogens is 238 g/mol. The van der Waals surface area contributed by atoms with Crippen LogP contribution >= 0.6 is 0 Å². The third-order valence-electron chi connectivity index (χ3n) is 3.95. The number of hydrogen-bond donors (Lipinski definition) is 1. The fourth-order valence-corrected chi connectivity index (χ4v) is 2.95. The Morgan fingerprint density at radius 1 is 1.32 bits per heavy atom. The topological polar surface area (TPSA) is 27.7 Å². The summed E-state index contributed by atoms with van der Waals surface area (Å²) in [6.07, 6.45) is 3.85. The maximum absolute atomic E-state index is 5.39. The number of nitrogens with zero attached hydrogens (tertiary/aromatic N) is 2. The van der Waals surface area contributed by atoms with Crippen LogP contribution in [-0.4, -0.2) is 76.4 Å². The van der Waals surface area contributed by atoms with Crippen molar-refractivity contribution in [1.82, 2.24) is 15.1 Å². The highest BCUT2D eigenvalue weighted by atomic mass is 16.5. The summed E-state index contributed by atoms with van der Waals surface area (Å²) in [5, 5.41) is 3.53. The van der Waals surface area contributed by atoms with Gasteiger partial charge in [0.2, 0.25) is 0 Å². The van der Waals surface area contributed by atoms with Crippen molar-refractivity contribution in [2.24, 2.45) is 5.92 Å². The van der Waals surface area contributed by atoms with Gasteiger partial charge in [-0.05, 0) is 58.9 Å². The van der Waals surface area contributed by atoms with E-state index in [1.807, 2.05) is 7.11 Å². The number of ether oxygens (including phenoxy) is 1. The van der Waals surface area contributed by atoms with Gasteiger partial charge < -0.3 is 15.0 Å². The van der Waals surface area contributed by atoms with Crippen molar-refractivity contribution >= 4 is 0 Å². The van der Waals surface area contributed by atoms with E-state index in [1.54, 1.807) is 0 Å². The molecule has 1 unspecified atom stereocenters. The lowest BCUT2D eigenvalue weighted by atomic mass is 9.95. The molecule has 1 heterocycles. The quantitative estimate of drug-likeness (QED) is 0.639. The highest BCUT2D eigenvalue weighted by molar-refractivity contribution is 4.80. The van der Waals surface area contributed by atoms with E-state index < -0.39 is 0 Å². The van der Waals surface area contributed by atoms with E-state index >= 15 is 0 Å². The Hall–Kier alpha value is -0.160. The molecule has 114 valence electrons. The molecule has 0 radical (unpaired) electrons. The first-order valence-corrected chi connectivity index (χ1v) is 7.75. The van der Waals surface area contributed by atoms with Crippen LogP contribution in [0.1, 0.15) is 26.2 Å². The normalized spacial score (nSPS) is 20.1. The highest BCUT2D eigenvalue weighted by Gasteiger charge is 2.24. The largest absolute Gasteiger partial charge is 0.383 e. The Morgan fingerprint density at radius 3 is 2.53 bits per heavy atom. The van der Waals surface area contributed by atoms with E-state index in [4.69, 9.17) is 4.74 Å². The third-order valence-corrected chi connectivity index (χ3v) is 3.95. The molecule has 0 aromatic carbocycles. The minimum Gasteiger partial charge on any atom is -0.383 e. The monoisotopic (exact) mass is 271 g/mol. The number of methoxy groups -OCH3 is 1. The molecule has 0 aromatic rings. The lowest BCUT2D eigenvalue weighted by Gasteiger charge is -2.38. The van der Waals surface area contributed by atoms with Gasteiger partial charge in [-0.3, -0.25) is 4.90 Å². The van der Waals surface area contributed by atoms with Crippen molar-refractivity contribution in [1.29, 1.82) is 0 Å². The third kappa shape index (κ3) is 6.70. The summed E-state index contributed by atoms with van der Waals surface area (Å²) in [7, 11) is 6.16. The molecule has 1 aliphatic heterocycles. The second kappa shape index (κ2) is 9.70. The molecule has 1 saturated heterocycles. The van der Waals surface area contributed by atoms with Crippen LogP contribution in [0.4, 0.5) is 0 Å². The van der Waals surface area contributed by atoms with Crippen molar-refractivity contribution in [2.45, 2.75) is 32.2 Å². The first-order chi connectivity index (χ1) is 9.17. The molecule has 0 saturated carbocycles. The van der Waals surface area contributed by atoms with Crippen molar-refractivity contribution in [3.63, 3.8) is 0 Å². The Kier molecular flexibility index (Phi) is 8.62. The van der Waals surface area contributed by atoms with Crippen LogP contribution in [0, 0.1) is 5.92 Å². The van der Waals surface area contributed by atoms with Crippen molar-refractivity contribution in [2.75, 3.05) is 60.5 Å². The molecule has 1 aliphatic rings. The van der Waals surface area contributed by atoms with Crippen molar-refractivity contribution in [3.8, 4) is 0 Å². The number of likely N-dealkylation sites (tertiary alicyclic amines) is 1. The Morgan fingerprint density at radius 2 is 2.00 bits per heavy atom. The maximum Gasteiger partial charge on any atom is 0.0630 e. The second-order valence-corrected chi connectivity index (χ2v) is 6.05. The smallest absolute Gasteiger partial charge is 0.0630 e. The van der Waals surface area contributed by atoms with Crippen LogP contribution in [-0.2, 0) is 4.74 Å². The maximum atomic E-state index is 5.39. The van der Waals surface area contributed by atoms with E-state index in [9.17, 15) is 0 Å². The Balaban J connectivity index is 2.32. The fourth-order valence-electron chi connectivity index (χ4n) is 2.95. The van der Waals surface area contributed by atoms with Gasteiger partial charge >= 0.3 is 0 Å². The van der Waals surface area contributed by atoms with Gasteiger partial charge in [-0.25, -0.2) is 0 Å². The van der Waals surface area contributed by atoms with Crippen molar-refractivity contribution < 1.29 is 4.74 Å². The lowest BCUT2D eigenvalue weighted by Crippen LogP contribution is -2.49. The first-order valence-electron chi connectivity index (χ1n) is 7.75. The van der Waals surface area contributed by atoms with Crippen LogP contribution in [0.5, 0.6) is 0 Å². The fraction of sp³-hybridized carbons (Fsp3) is 1.00. The van der Waals surface area contributed by atoms with Gasteiger partial charge in [0.15, 0.2) is 0 Å². The molecule has 4 nitrogen and oxygen atoms in total. The van der Waals surface area contributed by atoms with Crippen LogP contribution < -0.4 is 5.32 Å². The molecule has 19 heavy (non-hydrogen) atoms. The molecule has 0 aromatic heterocycles. The second-order valence-electron chi connectivity index (χ2n) is 6.05. The molecule has 4 heteroatoms. The molecule has 0 bridgehead atoms. The highest BCUT2D eigenvalue weighted by Crippen LogP contribution is 2.19. The molecule has 0 spiro atoms. The SMILES string of the molecule is CCCNCC(COC)N1CCC(CN(C)C)CC1. The summed E-state index contributed by atoms with van der Waals surface area (Å²) in [4.78, 5) is 4.92. The number of piperidine rings is 1. The van der Waals surface area contributed by atoms with Gasteiger partial charge in [-0.15, -0.1) is 0 Å². The van der Waals surface area contributed by atoms with E-state index in [-0.39, 0.29) is 0 Å². The predicted octanol–water partition coefficient (Wildman–Crippen LogP) is 1.27. The van der Waals surface area contributed by atoms with E-state index in [1.165, 1.54) is 38.9 Å². The van der Waals surface area contributed by atoms with Gasteiger partial charge in [0, 0.05) is 26.2 Å². The van der Waals surface area contributed by atoms with Crippen LogP contribution in [0.2, 0.25) is 0 Å². The summed E-state index contributed by atoms with van der Waals surface area (Å²) in [6, 6.07) is 0.539. The molecule has 1 rings (SSSR count). The van der Waals surface area contributed by atoms with Crippen LogP contribution in [0.25, 0.3) is 0 Å². The molecule has 1 fully saturated rings. The Bertz CT molecular complexity index is 215. The standard InChI is InChI=1S/C15H33N3O/c1-5-8-16-11-15(13-19-4)18-9-6-14(7-10-18)12-17(2)3/h14-16H,5-13H2,1-4H3. The summed E-state index contributed by atoms with van der Waals surface area (Å²) in [5.74, 6) is 0.873. The molecule has 1 N–H and O–H groups in total. The van der Waals surface area contributed by atoms with Gasteiger partial charge in [-0.2, -0.15) is 0 Å². The summed E-state index contributed by atoms with van der Waals surface area (Å²) in [5.41, 5.74) is 0. The predicted molar refractivity (Wildman–Crippen MR) is 81.7 cm³/mol. The van der Waals surface area contributed by atoms with Gasteiger partial charge in [-0.1, -0.05) is 6.92 Å². The summed E-state index contributed by atoms with van der Waals surface area (Å²) < 4.78 is 5.39. The van der Waals surface area contributed by atoms with Gasteiger partial charge in [0.05, 0.1) is 6.61 Å². The zero-order valence-electron chi connectivity index (χ0n) is 13.3. The lowest BCUT2D eigenvalue weighted by molar-refractivity contribution is 0.0606. The molecule has 1 atom stereocenters. The average molecular weight is 271 g/mol. The molecule has 0 amide bonds. The summed E-state index contributed by atoms with van der Waals surface area (Å²) in [6.45, 7) is 8.90. The first kappa shape index (κ1) is 16.9. The zero-order chi connectivity index (χ0) is 14.1. The molecular formula is C15H33N3O. The van der Waals surface area contributed by atoms with Gasteiger partial charge in [0.25, 0.3) is 0 Å². The minimum absolute atomic E-state index is 0.539. The minimum atomic E-state index is 0.539. The van der Waals surface area contributed by atoms with E-state index in [2.05, 4.69) is 36.1 Å². The van der Waals surface area contributed by atoms with Crippen LogP contribution in [0.3, 0.4) is 0 Å².